The molecule has 0 spiro atoms. The van der Waals surface area contributed by atoms with Crippen LogP contribution < -0.4 is 10.6 Å². The Balaban J connectivity index is 2.19. The summed E-state index contributed by atoms with van der Waals surface area (Å²) in [4.78, 5) is 21.9. The second-order valence-electron chi connectivity index (χ2n) is 5.29. The van der Waals surface area contributed by atoms with E-state index in [1.807, 2.05) is 0 Å². The van der Waals surface area contributed by atoms with Gasteiger partial charge in [0, 0.05) is 26.1 Å². The lowest BCUT2D eigenvalue weighted by Gasteiger charge is -2.28. The van der Waals surface area contributed by atoms with Crippen LogP contribution in [-0.2, 0) is 4.79 Å². The van der Waals surface area contributed by atoms with Crippen molar-refractivity contribution in [3.63, 3.8) is 0 Å². The number of carbonyl (C=O) groups excluding carboxylic acids is 1. The Morgan fingerprint density at radius 3 is 2.42 bits per heavy atom. The molecule has 19 heavy (non-hydrogen) atoms. The molecule has 0 aromatic heterocycles. The summed E-state index contributed by atoms with van der Waals surface area (Å²) in [5.74, 6) is -0.852. The molecule has 1 saturated carbocycles. The van der Waals surface area contributed by atoms with Gasteiger partial charge in [-0.2, -0.15) is 0 Å². The molecule has 0 unspecified atom stereocenters. The highest BCUT2D eigenvalue weighted by atomic mass is 16.4. The van der Waals surface area contributed by atoms with E-state index in [1.165, 1.54) is 0 Å². The zero-order valence-electron chi connectivity index (χ0n) is 11.3. The van der Waals surface area contributed by atoms with Gasteiger partial charge in [0.15, 0.2) is 0 Å². The molecule has 0 bridgehead atoms. The zero-order valence-corrected chi connectivity index (χ0v) is 11.3. The van der Waals surface area contributed by atoms with Crippen LogP contribution in [0.5, 0.6) is 0 Å². The van der Waals surface area contributed by atoms with Crippen molar-refractivity contribution in [2.75, 3.05) is 19.7 Å². The minimum absolute atomic E-state index is 0.0488. The van der Waals surface area contributed by atoms with Crippen LogP contribution in [0.4, 0.5) is 4.79 Å². The molecule has 0 aromatic rings. The molecule has 4 N–H and O–H groups in total. The van der Waals surface area contributed by atoms with Gasteiger partial charge < -0.3 is 20.8 Å². The van der Waals surface area contributed by atoms with E-state index in [0.717, 1.165) is 32.1 Å². The molecule has 6 heteroatoms. The predicted molar refractivity (Wildman–Crippen MR) is 70.9 cm³/mol. The molecule has 2 amide bonds. The minimum Gasteiger partial charge on any atom is -0.481 e. The first kappa shape index (κ1) is 15.8. The second kappa shape index (κ2) is 7.99. The Morgan fingerprint density at radius 1 is 1.16 bits per heavy atom. The Labute approximate surface area is 113 Å². The van der Waals surface area contributed by atoms with Gasteiger partial charge in [0.25, 0.3) is 0 Å². The number of aliphatic carboxylic acids is 1. The molecule has 1 aliphatic rings. The lowest BCUT2D eigenvalue weighted by Crippen LogP contribution is -2.42. The molecule has 1 fully saturated rings. The van der Waals surface area contributed by atoms with Crippen LogP contribution >= 0.6 is 0 Å². The maximum Gasteiger partial charge on any atom is 0.314 e. The average molecular weight is 272 g/mol. The van der Waals surface area contributed by atoms with Crippen molar-refractivity contribution >= 4 is 12.0 Å². The largest absolute Gasteiger partial charge is 0.481 e. The molecular formula is C13H24N2O4. The summed E-state index contributed by atoms with van der Waals surface area (Å²) < 4.78 is 0. The normalized spacial score (nSPS) is 17.1. The number of rotatable bonds is 8. The first-order valence-corrected chi connectivity index (χ1v) is 6.92. The lowest BCUT2D eigenvalue weighted by atomic mass is 9.83. The van der Waals surface area contributed by atoms with Crippen LogP contribution in [0.2, 0.25) is 0 Å². The highest BCUT2D eigenvalue weighted by molar-refractivity contribution is 5.74. The fourth-order valence-electron chi connectivity index (χ4n) is 2.65. The number of nitrogens with one attached hydrogen (secondary N) is 2. The van der Waals surface area contributed by atoms with Gasteiger partial charge in [-0.25, -0.2) is 4.79 Å². The summed E-state index contributed by atoms with van der Waals surface area (Å²) in [5, 5.41) is 23.0. The third-order valence-corrected chi connectivity index (χ3v) is 3.78. The lowest BCUT2D eigenvalue weighted by molar-refractivity contribution is -0.137. The molecule has 0 radical (unpaired) electrons. The summed E-state index contributed by atoms with van der Waals surface area (Å²) in [6.07, 6.45) is 5.63. The molecule has 0 aromatic carbocycles. The number of urea groups is 1. The van der Waals surface area contributed by atoms with Crippen molar-refractivity contribution in [3.8, 4) is 0 Å². The maximum absolute atomic E-state index is 11.6. The molecule has 0 heterocycles. The number of carboxylic acid groups (broad SMARTS) is 1. The van der Waals surface area contributed by atoms with E-state index in [9.17, 15) is 9.59 Å². The summed E-state index contributed by atoms with van der Waals surface area (Å²) in [6.45, 7) is 1.10. The summed E-state index contributed by atoms with van der Waals surface area (Å²) in [7, 11) is 0. The Morgan fingerprint density at radius 2 is 1.84 bits per heavy atom. The number of aliphatic hydroxyl groups is 1. The molecule has 0 atom stereocenters. The summed E-state index contributed by atoms with van der Waals surface area (Å²) >= 11 is 0. The number of hydrogen-bond donors (Lipinski definition) is 4. The third-order valence-electron chi connectivity index (χ3n) is 3.78. The van der Waals surface area contributed by atoms with E-state index < -0.39 is 5.97 Å². The van der Waals surface area contributed by atoms with Gasteiger partial charge in [0.1, 0.15) is 0 Å². The minimum atomic E-state index is -0.852. The van der Waals surface area contributed by atoms with Gasteiger partial charge in [0.05, 0.1) is 0 Å². The van der Waals surface area contributed by atoms with E-state index in [2.05, 4.69) is 10.6 Å². The highest BCUT2D eigenvalue weighted by Gasteiger charge is 2.33. The molecule has 0 aliphatic heterocycles. The summed E-state index contributed by atoms with van der Waals surface area (Å²) in [6, 6.07) is -0.255. The molecule has 1 rings (SSSR count). The standard InChI is InChI=1S/C13H24N2O4/c16-9-7-13(5-1-2-6-13)10-15-12(19)14-8-3-4-11(17)18/h16H,1-10H2,(H,17,18)(H2,14,15,19). The van der Waals surface area contributed by atoms with Crippen molar-refractivity contribution < 1.29 is 19.8 Å². The first-order chi connectivity index (χ1) is 9.08. The van der Waals surface area contributed by atoms with Crippen LogP contribution in [0.15, 0.2) is 0 Å². The van der Waals surface area contributed by atoms with Crippen molar-refractivity contribution in [3.05, 3.63) is 0 Å². The highest BCUT2D eigenvalue weighted by Crippen LogP contribution is 2.40. The molecule has 6 nitrogen and oxygen atoms in total. The molecule has 110 valence electrons. The van der Waals surface area contributed by atoms with Crippen molar-refractivity contribution in [2.24, 2.45) is 5.41 Å². The van der Waals surface area contributed by atoms with E-state index in [0.29, 0.717) is 19.5 Å². The topological polar surface area (TPSA) is 98.7 Å². The van der Waals surface area contributed by atoms with Crippen LogP contribution in [0.1, 0.15) is 44.9 Å². The fraction of sp³-hybridized carbons (Fsp3) is 0.846. The van der Waals surface area contributed by atoms with Gasteiger partial charge in [-0.3, -0.25) is 4.79 Å². The van der Waals surface area contributed by atoms with E-state index in [-0.39, 0.29) is 24.5 Å². The van der Waals surface area contributed by atoms with E-state index in [4.69, 9.17) is 10.2 Å². The molecular weight excluding hydrogens is 248 g/mol. The fourth-order valence-corrected chi connectivity index (χ4v) is 2.65. The average Bonchev–Trinajstić information content (AvgIpc) is 2.82. The van der Waals surface area contributed by atoms with E-state index in [1.54, 1.807) is 0 Å². The van der Waals surface area contributed by atoms with Crippen molar-refractivity contribution in [1.82, 2.24) is 10.6 Å². The predicted octanol–water partition coefficient (Wildman–Crippen LogP) is 1.09. The molecule has 1 aliphatic carbocycles. The van der Waals surface area contributed by atoms with Gasteiger partial charge in [-0.1, -0.05) is 12.8 Å². The van der Waals surface area contributed by atoms with Crippen LogP contribution in [0.3, 0.4) is 0 Å². The zero-order chi connectivity index (χ0) is 14.1. The Bertz CT molecular complexity index is 301. The van der Waals surface area contributed by atoms with Crippen LogP contribution in [0, 0.1) is 5.41 Å². The number of hydrogen-bond acceptors (Lipinski definition) is 3. The number of carbonyl (C=O) groups is 2. The van der Waals surface area contributed by atoms with Crippen LogP contribution in [-0.4, -0.2) is 41.9 Å². The Kier molecular flexibility index (Phi) is 6.62. The Hall–Kier alpha value is -1.30. The quantitative estimate of drug-likeness (QED) is 0.497. The number of amides is 2. The second-order valence-corrected chi connectivity index (χ2v) is 5.29. The van der Waals surface area contributed by atoms with Gasteiger partial charge >= 0.3 is 12.0 Å². The monoisotopic (exact) mass is 272 g/mol. The van der Waals surface area contributed by atoms with Gasteiger partial charge in [-0.05, 0) is 31.1 Å². The maximum atomic E-state index is 11.6. The number of carboxylic acids is 1. The first-order valence-electron chi connectivity index (χ1n) is 6.92. The van der Waals surface area contributed by atoms with Crippen LogP contribution in [0.25, 0.3) is 0 Å². The molecule has 0 saturated heterocycles. The van der Waals surface area contributed by atoms with Gasteiger partial charge in [0.2, 0.25) is 0 Å². The summed E-state index contributed by atoms with van der Waals surface area (Å²) in [5.41, 5.74) is 0.0488. The number of aliphatic hydroxyl groups excluding tert-OH is 1. The van der Waals surface area contributed by atoms with Crippen molar-refractivity contribution in [1.29, 1.82) is 0 Å². The van der Waals surface area contributed by atoms with E-state index >= 15 is 0 Å². The smallest absolute Gasteiger partial charge is 0.314 e. The van der Waals surface area contributed by atoms with Crippen molar-refractivity contribution in [2.45, 2.75) is 44.9 Å². The van der Waals surface area contributed by atoms with Gasteiger partial charge in [-0.15, -0.1) is 0 Å². The third kappa shape index (κ3) is 5.92. The SMILES string of the molecule is O=C(O)CCCNC(=O)NCC1(CCO)CCCC1.